The quantitative estimate of drug-likeness (QED) is 0.490. The summed E-state index contributed by atoms with van der Waals surface area (Å²) in [4.78, 5) is 21.7. The van der Waals surface area contributed by atoms with E-state index in [0.717, 1.165) is 12.1 Å². The van der Waals surface area contributed by atoms with Crippen LogP contribution in [0.5, 0.6) is 0 Å². The van der Waals surface area contributed by atoms with Gasteiger partial charge >= 0.3 is 5.97 Å². The largest absolute Gasteiger partial charge is 0.462 e. The van der Waals surface area contributed by atoms with Gasteiger partial charge in [0.25, 0.3) is 5.69 Å². The summed E-state index contributed by atoms with van der Waals surface area (Å²) in [5.74, 6) is -0.880. The number of benzene rings is 1. The van der Waals surface area contributed by atoms with Crippen molar-refractivity contribution in [1.82, 2.24) is 0 Å². The van der Waals surface area contributed by atoms with Crippen LogP contribution in [0.25, 0.3) is 0 Å². The summed E-state index contributed by atoms with van der Waals surface area (Å²) in [5.41, 5.74) is -0.985. The predicted molar refractivity (Wildman–Crippen MR) is 69.8 cm³/mol. The second kappa shape index (κ2) is 5.97. The number of sulfonamides is 1. The van der Waals surface area contributed by atoms with E-state index in [1.807, 2.05) is 0 Å². The third-order valence-corrected chi connectivity index (χ3v) is 3.57. The standard InChI is InChI=1S/C11H14N2O6S/c1-3-7-9(20(12,17)18)6-5-8(10(7)13(15)16)11(14)19-4-2/h5-6H,3-4H2,1-2H3,(H2,12,17,18). The zero-order chi connectivity index (χ0) is 15.5. The molecule has 0 saturated carbocycles. The number of primary sulfonamides is 1. The Kier molecular flexibility index (Phi) is 4.79. The predicted octanol–water partition coefficient (Wildman–Crippen LogP) is 0.981. The summed E-state index contributed by atoms with van der Waals surface area (Å²) >= 11 is 0. The van der Waals surface area contributed by atoms with Crippen molar-refractivity contribution in [2.24, 2.45) is 5.14 Å². The first-order chi connectivity index (χ1) is 9.23. The van der Waals surface area contributed by atoms with Gasteiger partial charge in [-0.1, -0.05) is 6.92 Å². The molecule has 8 nitrogen and oxygen atoms in total. The van der Waals surface area contributed by atoms with Crippen LogP contribution < -0.4 is 5.14 Å². The molecule has 0 fully saturated rings. The van der Waals surface area contributed by atoms with E-state index in [1.165, 1.54) is 6.92 Å². The Labute approximate surface area is 115 Å². The number of ether oxygens (including phenoxy) is 1. The minimum Gasteiger partial charge on any atom is -0.462 e. The molecule has 1 aromatic rings. The molecule has 0 aliphatic carbocycles. The highest BCUT2D eigenvalue weighted by Gasteiger charge is 2.30. The molecular weight excluding hydrogens is 288 g/mol. The van der Waals surface area contributed by atoms with Crippen LogP contribution in [0.4, 0.5) is 5.69 Å². The van der Waals surface area contributed by atoms with Gasteiger partial charge in [0.05, 0.1) is 22.0 Å². The van der Waals surface area contributed by atoms with Crippen LogP contribution in [0, 0.1) is 10.1 Å². The van der Waals surface area contributed by atoms with Gasteiger partial charge in [0.1, 0.15) is 5.56 Å². The van der Waals surface area contributed by atoms with E-state index in [1.54, 1.807) is 6.92 Å². The Balaban J connectivity index is 3.67. The first kappa shape index (κ1) is 16.1. The lowest BCUT2D eigenvalue weighted by molar-refractivity contribution is -0.386. The fourth-order valence-corrected chi connectivity index (χ4v) is 2.65. The van der Waals surface area contributed by atoms with Gasteiger partial charge in [-0.2, -0.15) is 0 Å². The summed E-state index contributed by atoms with van der Waals surface area (Å²) in [5, 5.41) is 16.2. The van der Waals surface area contributed by atoms with Gasteiger partial charge in [0.15, 0.2) is 0 Å². The van der Waals surface area contributed by atoms with Gasteiger partial charge in [0, 0.05) is 0 Å². The van der Waals surface area contributed by atoms with Crippen molar-refractivity contribution in [2.45, 2.75) is 25.2 Å². The molecule has 1 rings (SSSR count). The second-order valence-corrected chi connectivity index (χ2v) is 5.34. The van der Waals surface area contributed by atoms with Crippen molar-refractivity contribution in [3.8, 4) is 0 Å². The lowest BCUT2D eigenvalue weighted by atomic mass is 10.1. The minimum absolute atomic E-state index is 0.0370. The van der Waals surface area contributed by atoms with Crippen molar-refractivity contribution < 1.29 is 22.9 Å². The molecule has 0 aromatic heterocycles. The van der Waals surface area contributed by atoms with Crippen LogP contribution in [0.3, 0.4) is 0 Å². The van der Waals surface area contributed by atoms with E-state index in [0.29, 0.717) is 0 Å². The number of esters is 1. The number of nitro groups is 1. The third kappa shape index (κ3) is 3.11. The zero-order valence-corrected chi connectivity index (χ0v) is 11.8. The van der Waals surface area contributed by atoms with Crippen LogP contribution in [-0.2, 0) is 21.2 Å². The lowest BCUT2D eigenvalue weighted by Crippen LogP contribution is -2.17. The number of nitrogens with two attached hydrogens (primary N) is 1. The number of carbonyl (C=O) groups excluding carboxylic acids is 1. The van der Waals surface area contributed by atoms with Gasteiger partial charge < -0.3 is 4.74 Å². The maximum atomic E-state index is 11.7. The van der Waals surface area contributed by atoms with Crippen molar-refractivity contribution in [3.05, 3.63) is 33.4 Å². The maximum Gasteiger partial charge on any atom is 0.345 e. The van der Waals surface area contributed by atoms with E-state index in [2.05, 4.69) is 0 Å². The van der Waals surface area contributed by atoms with Crippen LogP contribution in [0.15, 0.2) is 17.0 Å². The van der Waals surface area contributed by atoms with E-state index in [4.69, 9.17) is 9.88 Å². The Hall–Kier alpha value is -2.00. The average Bonchev–Trinajstić information content (AvgIpc) is 2.35. The van der Waals surface area contributed by atoms with E-state index >= 15 is 0 Å². The normalized spacial score (nSPS) is 11.2. The number of hydrogen-bond acceptors (Lipinski definition) is 6. The summed E-state index contributed by atoms with van der Waals surface area (Å²) in [6.45, 7) is 3.14. The van der Waals surface area contributed by atoms with Crippen molar-refractivity contribution in [1.29, 1.82) is 0 Å². The number of nitrogens with zero attached hydrogens (tertiary/aromatic N) is 1. The number of hydrogen-bond donors (Lipinski definition) is 1. The van der Waals surface area contributed by atoms with Gasteiger partial charge in [0.2, 0.25) is 10.0 Å². The van der Waals surface area contributed by atoms with Crippen LogP contribution in [-0.4, -0.2) is 25.9 Å². The fraction of sp³-hybridized carbons (Fsp3) is 0.364. The molecule has 0 saturated heterocycles. The summed E-state index contributed by atoms with van der Waals surface area (Å²) in [7, 11) is -4.11. The molecule has 0 atom stereocenters. The Bertz CT molecular complexity index is 653. The molecule has 2 N–H and O–H groups in total. The summed E-state index contributed by atoms with van der Waals surface area (Å²) in [6, 6.07) is 2.11. The molecular formula is C11H14N2O6S. The van der Waals surface area contributed by atoms with E-state index in [-0.39, 0.29) is 29.1 Å². The molecule has 0 aliphatic rings. The number of nitro benzene ring substituents is 1. The Morgan fingerprint density at radius 1 is 1.40 bits per heavy atom. The van der Waals surface area contributed by atoms with E-state index in [9.17, 15) is 23.3 Å². The first-order valence-corrected chi connectivity index (χ1v) is 7.28. The maximum absolute atomic E-state index is 11.7. The van der Waals surface area contributed by atoms with Gasteiger partial charge in [-0.25, -0.2) is 18.4 Å². The molecule has 0 spiro atoms. The third-order valence-electron chi connectivity index (χ3n) is 2.58. The summed E-state index contributed by atoms with van der Waals surface area (Å²) < 4.78 is 27.6. The summed E-state index contributed by atoms with van der Waals surface area (Å²) in [6.07, 6.45) is 0.0370. The number of rotatable bonds is 5. The highest BCUT2D eigenvalue weighted by Crippen LogP contribution is 2.30. The average molecular weight is 302 g/mol. The van der Waals surface area contributed by atoms with Crippen molar-refractivity contribution in [3.63, 3.8) is 0 Å². The van der Waals surface area contributed by atoms with Crippen LogP contribution in [0.2, 0.25) is 0 Å². The molecule has 0 amide bonds. The highest BCUT2D eigenvalue weighted by atomic mass is 32.2. The molecule has 0 aliphatic heterocycles. The Morgan fingerprint density at radius 3 is 2.40 bits per heavy atom. The zero-order valence-electron chi connectivity index (χ0n) is 11.0. The molecule has 0 unspecified atom stereocenters. The van der Waals surface area contributed by atoms with Gasteiger partial charge in [-0.05, 0) is 25.5 Å². The van der Waals surface area contributed by atoms with Gasteiger partial charge in [-0.3, -0.25) is 10.1 Å². The fourth-order valence-electron chi connectivity index (χ4n) is 1.81. The minimum atomic E-state index is -4.11. The van der Waals surface area contributed by atoms with E-state index < -0.39 is 26.6 Å². The SMILES string of the molecule is CCOC(=O)c1ccc(S(N)(=O)=O)c(CC)c1[N+](=O)[O-]. The second-order valence-electron chi connectivity index (χ2n) is 3.81. The lowest BCUT2D eigenvalue weighted by Gasteiger charge is -2.10. The molecule has 0 bridgehead atoms. The van der Waals surface area contributed by atoms with Crippen LogP contribution in [0.1, 0.15) is 29.8 Å². The topological polar surface area (TPSA) is 130 Å². The first-order valence-electron chi connectivity index (χ1n) is 5.74. The smallest absolute Gasteiger partial charge is 0.345 e. The molecule has 110 valence electrons. The molecule has 9 heteroatoms. The molecule has 20 heavy (non-hydrogen) atoms. The molecule has 0 heterocycles. The Morgan fingerprint density at radius 2 is 2.00 bits per heavy atom. The molecule has 0 radical (unpaired) electrons. The monoisotopic (exact) mass is 302 g/mol. The van der Waals surface area contributed by atoms with Gasteiger partial charge in [-0.15, -0.1) is 0 Å². The highest BCUT2D eigenvalue weighted by molar-refractivity contribution is 7.89. The molecule has 1 aromatic carbocycles. The van der Waals surface area contributed by atoms with Crippen LogP contribution >= 0.6 is 0 Å². The van der Waals surface area contributed by atoms with Crippen molar-refractivity contribution in [2.75, 3.05) is 6.61 Å². The number of carbonyl (C=O) groups is 1. The van der Waals surface area contributed by atoms with Crippen molar-refractivity contribution >= 4 is 21.7 Å².